The van der Waals surface area contributed by atoms with E-state index in [9.17, 15) is 15.0 Å². The Labute approximate surface area is 154 Å². The van der Waals surface area contributed by atoms with Gasteiger partial charge in [-0.3, -0.25) is 0 Å². The number of aliphatic hydroxyl groups is 1. The SMILES string of the molecule is C=CCc1cccc(O)c1C(=O)O[C@H](/C=C\C#N)C[C@H](O)[C@H](C)CC=C. The van der Waals surface area contributed by atoms with E-state index in [2.05, 4.69) is 13.2 Å². The summed E-state index contributed by atoms with van der Waals surface area (Å²) in [5, 5.41) is 29.1. The van der Waals surface area contributed by atoms with Gasteiger partial charge in [-0.1, -0.05) is 31.2 Å². The molecule has 138 valence electrons. The average Bonchev–Trinajstić information content (AvgIpc) is 2.60. The molecule has 0 saturated heterocycles. The van der Waals surface area contributed by atoms with Crippen molar-refractivity contribution in [1.29, 1.82) is 5.26 Å². The van der Waals surface area contributed by atoms with Crippen LogP contribution in [0.15, 0.2) is 55.7 Å². The number of rotatable bonds is 10. The first-order valence-corrected chi connectivity index (χ1v) is 8.42. The van der Waals surface area contributed by atoms with Crippen LogP contribution in [0.3, 0.4) is 0 Å². The Morgan fingerprint density at radius 1 is 1.38 bits per heavy atom. The Morgan fingerprint density at radius 2 is 2.12 bits per heavy atom. The number of esters is 1. The summed E-state index contributed by atoms with van der Waals surface area (Å²) in [6.45, 7) is 9.15. The van der Waals surface area contributed by atoms with Gasteiger partial charge in [0.05, 0.1) is 12.2 Å². The third-order valence-electron chi connectivity index (χ3n) is 4.01. The van der Waals surface area contributed by atoms with Crippen molar-refractivity contribution < 1.29 is 19.7 Å². The van der Waals surface area contributed by atoms with Crippen LogP contribution in [0.25, 0.3) is 0 Å². The Kier molecular flexibility index (Phi) is 8.90. The van der Waals surface area contributed by atoms with Crippen LogP contribution >= 0.6 is 0 Å². The third-order valence-corrected chi connectivity index (χ3v) is 4.01. The summed E-state index contributed by atoms with van der Waals surface area (Å²) in [5.41, 5.74) is 0.657. The molecule has 0 fully saturated rings. The molecule has 0 bridgehead atoms. The van der Waals surface area contributed by atoms with Crippen LogP contribution in [0.1, 0.15) is 35.7 Å². The van der Waals surface area contributed by atoms with Crippen molar-refractivity contribution in [1.82, 2.24) is 0 Å². The predicted molar refractivity (Wildman–Crippen MR) is 101 cm³/mol. The fraction of sp³-hybridized carbons (Fsp3) is 0.333. The second-order valence-electron chi connectivity index (χ2n) is 6.04. The highest BCUT2D eigenvalue weighted by atomic mass is 16.5. The number of ether oxygens (including phenoxy) is 1. The second-order valence-corrected chi connectivity index (χ2v) is 6.04. The molecule has 0 unspecified atom stereocenters. The van der Waals surface area contributed by atoms with Crippen molar-refractivity contribution in [3.63, 3.8) is 0 Å². The third kappa shape index (κ3) is 6.23. The molecule has 0 heterocycles. The Hall–Kier alpha value is -2.84. The van der Waals surface area contributed by atoms with Gasteiger partial charge in [0.1, 0.15) is 17.4 Å². The number of carbonyl (C=O) groups excluding carboxylic acids is 1. The number of phenols is 1. The van der Waals surface area contributed by atoms with Gasteiger partial charge in [0.25, 0.3) is 0 Å². The van der Waals surface area contributed by atoms with Gasteiger partial charge < -0.3 is 14.9 Å². The number of benzene rings is 1. The zero-order valence-corrected chi connectivity index (χ0v) is 15.0. The minimum absolute atomic E-state index is 0.0642. The van der Waals surface area contributed by atoms with Crippen LogP contribution in [0.2, 0.25) is 0 Å². The number of allylic oxidation sites excluding steroid dienone is 3. The van der Waals surface area contributed by atoms with Crippen LogP contribution in [0.5, 0.6) is 5.75 Å². The lowest BCUT2D eigenvalue weighted by atomic mass is 9.96. The fourth-order valence-corrected chi connectivity index (χ4v) is 2.55. The molecular formula is C21H25NO4. The van der Waals surface area contributed by atoms with Gasteiger partial charge in [0.2, 0.25) is 0 Å². The van der Waals surface area contributed by atoms with E-state index in [1.165, 1.54) is 18.2 Å². The van der Waals surface area contributed by atoms with Crippen molar-refractivity contribution in [2.45, 2.75) is 38.4 Å². The van der Waals surface area contributed by atoms with Crippen molar-refractivity contribution in [2.75, 3.05) is 0 Å². The molecule has 0 amide bonds. The summed E-state index contributed by atoms with van der Waals surface area (Å²) >= 11 is 0. The van der Waals surface area contributed by atoms with E-state index in [1.807, 2.05) is 13.0 Å². The summed E-state index contributed by atoms with van der Waals surface area (Å²) < 4.78 is 5.45. The van der Waals surface area contributed by atoms with Gasteiger partial charge in [0.15, 0.2) is 0 Å². The molecule has 1 aromatic rings. The van der Waals surface area contributed by atoms with Crippen molar-refractivity contribution in [3.8, 4) is 11.8 Å². The maximum Gasteiger partial charge on any atom is 0.342 e. The van der Waals surface area contributed by atoms with Gasteiger partial charge >= 0.3 is 5.97 Å². The largest absolute Gasteiger partial charge is 0.507 e. The van der Waals surface area contributed by atoms with E-state index < -0.39 is 18.2 Å². The lowest BCUT2D eigenvalue weighted by molar-refractivity contribution is 0.0191. The van der Waals surface area contributed by atoms with Crippen LogP contribution in [0, 0.1) is 17.2 Å². The molecule has 0 spiro atoms. The monoisotopic (exact) mass is 355 g/mol. The van der Waals surface area contributed by atoms with Gasteiger partial charge in [-0.15, -0.1) is 13.2 Å². The molecular weight excluding hydrogens is 330 g/mol. The summed E-state index contributed by atoms with van der Waals surface area (Å²) in [6, 6.07) is 6.60. The van der Waals surface area contributed by atoms with Gasteiger partial charge in [-0.2, -0.15) is 5.26 Å². The molecule has 0 aliphatic heterocycles. The average molecular weight is 355 g/mol. The molecule has 1 rings (SSSR count). The molecule has 26 heavy (non-hydrogen) atoms. The predicted octanol–water partition coefficient (Wildman–Crippen LogP) is 3.69. The number of hydrogen-bond acceptors (Lipinski definition) is 5. The zero-order valence-electron chi connectivity index (χ0n) is 15.0. The standard InChI is InChI=1S/C21H25NO4/c1-4-8-15(3)19(24)14-17(11-7-13-22)26-21(25)20-16(9-5-2)10-6-12-18(20)23/h4-7,10-12,15,17,19,23-24H,1-2,8-9,14H2,3H3/b11-7-/t15-,17-,19+/m1/s1. The van der Waals surface area contributed by atoms with Crippen LogP contribution in [-0.4, -0.2) is 28.4 Å². The highest BCUT2D eigenvalue weighted by Crippen LogP contribution is 2.24. The quantitative estimate of drug-likeness (QED) is 0.379. The van der Waals surface area contributed by atoms with E-state index in [0.717, 1.165) is 0 Å². The molecule has 0 aromatic heterocycles. The molecule has 2 N–H and O–H groups in total. The lowest BCUT2D eigenvalue weighted by Crippen LogP contribution is -2.27. The van der Waals surface area contributed by atoms with E-state index in [4.69, 9.17) is 10.00 Å². The normalized spacial score (nSPS) is 14.2. The first-order valence-electron chi connectivity index (χ1n) is 8.42. The number of nitriles is 1. The van der Waals surface area contributed by atoms with Gasteiger partial charge in [-0.05, 0) is 36.5 Å². The summed E-state index contributed by atoms with van der Waals surface area (Å²) in [5.74, 6) is -0.959. The van der Waals surface area contributed by atoms with Crippen LogP contribution in [0.4, 0.5) is 0 Å². The Balaban J connectivity index is 3.00. The smallest absolute Gasteiger partial charge is 0.342 e. The second kappa shape index (κ2) is 10.9. The van der Waals surface area contributed by atoms with Crippen molar-refractivity contribution in [2.24, 2.45) is 5.92 Å². The molecule has 3 atom stereocenters. The molecule has 0 radical (unpaired) electrons. The number of phenolic OH excluding ortho intramolecular Hbond substituents is 1. The summed E-state index contributed by atoms with van der Waals surface area (Å²) in [7, 11) is 0. The number of carbonyl (C=O) groups is 1. The summed E-state index contributed by atoms with van der Waals surface area (Å²) in [6.07, 6.45) is 5.61. The number of nitrogens with zero attached hydrogens (tertiary/aromatic N) is 1. The minimum Gasteiger partial charge on any atom is -0.507 e. The van der Waals surface area contributed by atoms with E-state index in [0.29, 0.717) is 18.4 Å². The van der Waals surface area contributed by atoms with Crippen LogP contribution < -0.4 is 0 Å². The molecule has 5 heteroatoms. The van der Waals surface area contributed by atoms with Crippen molar-refractivity contribution in [3.05, 3.63) is 66.8 Å². The molecule has 5 nitrogen and oxygen atoms in total. The zero-order chi connectivity index (χ0) is 19.5. The first-order chi connectivity index (χ1) is 12.4. The van der Waals surface area contributed by atoms with Crippen LogP contribution in [-0.2, 0) is 11.2 Å². The first kappa shape index (κ1) is 21.2. The van der Waals surface area contributed by atoms with Crippen molar-refractivity contribution >= 4 is 5.97 Å². The number of aliphatic hydroxyl groups excluding tert-OH is 1. The number of aromatic hydroxyl groups is 1. The molecule has 0 aliphatic carbocycles. The van der Waals surface area contributed by atoms with Gasteiger partial charge in [-0.25, -0.2) is 4.79 Å². The van der Waals surface area contributed by atoms with E-state index in [-0.39, 0.29) is 23.7 Å². The summed E-state index contributed by atoms with van der Waals surface area (Å²) in [4.78, 5) is 12.6. The highest BCUT2D eigenvalue weighted by Gasteiger charge is 2.24. The maximum absolute atomic E-state index is 12.6. The molecule has 1 aromatic carbocycles. The minimum atomic E-state index is -0.791. The molecule has 0 saturated carbocycles. The van der Waals surface area contributed by atoms with Gasteiger partial charge in [0, 0.05) is 12.5 Å². The fourth-order valence-electron chi connectivity index (χ4n) is 2.55. The topological polar surface area (TPSA) is 90.5 Å². The number of hydrogen-bond donors (Lipinski definition) is 2. The maximum atomic E-state index is 12.6. The Bertz CT molecular complexity index is 702. The molecule has 0 aliphatic rings. The highest BCUT2D eigenvalue weighted by molar-refractivity contribution is 5.94. The van der Waals surface area contributed by atoms with E-state index in [1.54, 1.807) is 24.3 Å². The lowest BCUT2D eigenvalue weighted by Gasteiger charge is -2.22. The van der Waals surface area contributed by atoms with E-state index >= 15 is 0 Å². The Morgan fingerprint density at radius 3 is 2.73 bits per heavy atom.